The number of nitro groups is 1. The Kier molecular flexibility index (Phi) is 5.89. The minimum Gasteiger partial charge on any atom is -0.481 e. The van der Waals surface area contributed by atoms with Crippen LogP contribution in [0.1, 0.15) is 54.4 Å². The highest BCUT2D eigenvalue weighted by atomic mass is 16.6. The molecule has 2 atom stereocenters. The van der Waals surface area contributed by atoms with Crippen molar-refractivity contribution in [2.75, 3.05) is 0 Å². The van der Waals surface area contributed by atoms with E-state index in [0.717, 1.165) is 25.7 Å². The molecule has 130 valence electrons. The highest BCUT2D eigenvalue weighted by molar-refractivity contribution is 5.95. The van der Waals surface area contributed by atoms with Crippen molar-refractivity contribution in [3.05, 3.63) is 39.4 Å². The summed E-state index contributed by atoms with van der Waals surface area (Å²) in [7, 11) is 0. The Bertz CT molecular complexity index is 644. The van der Waals surface area contributed by atoms with Crippen molar-refractivity contribution in [1.82, 2.24) is 5.32 Å². The van der Waals surface area contributed by atoms with Gasteiger partial charge in [0.15, 0.2) is 0 Å². The Morgan fingerprint density at radius 3 is 2.46 bits per heavy atom. The second-order valence-electron chi connectivity index (χ2n) is 6.27. The maximum atomic E-state index is 12.4. The maximum absolute atomic E-state index is 12.4. The van der Waals surface area contributed by atoms with Crippen molar-refractivity contribution < 1.29 is 19.6 Å². The van der Waals surface area contributed by atoms with Gasteiger partial charge >= 0.3 is 5.97 Å². The molecule has 0 aliphatic heterocycles. The molecule has 1 amide bonds. The van der Waals surface area contributed by atoms with Crippen LogP contribution in [0.5, 0.6) is 0 Å². The van der Waals surface area contributed by atoms with Crippen LogP contribution in [0.2, 0.25) is 0 Å². The number of nitro benzene ring substituents is 1. The fourth-order valence-electron chi connectivity index (χ4n) is 3.21. The monoisotopic (exact) mass is 334 g/mol. The van der Waals surface area contributed by atoms with Crippen molar-refractivity contribution in [2.24, 2.45) is 5.92 Å². The van der Waals surface area contributed by atoms with E-state index in [1.54, 1.807) is 6.92 Å². The summed E-state index contributed by atoms with van der Waals surface area (Å²) >= 11 is 0. The Labute approximate surface area is 140 Å². The number of aliphatic carboxylic acids is 1. The molecule has 0 radical (unpaired) electrons. The SMILES string of the molecule is Cc1cc(C(=O)NC2CCCCCCC2C(=O)O)ccc1[N+](=O)[O-]. The first kappa shape index (κ1) is 17.9. The van der Waals surface area contributed by atoms with Gasteiger partial charge in [-0.15, -0.1) is 0 Å². The molecule has 1 aliphatic carbocycles. The fourth-order valence-corrected chi connectivity index (χ4v) is 3.21. The minimum atomic E-state index is -0.887. The topological polar surface area (TPSA) is 110 Å². The van der Waals surface area contributed by atoms with Crippen LogP contribution in [-0.4, -0.2) is 27.9 Å². The van der Waals surface area contributed by atoms with E-state index < -0.39 is 22.9 Å². The fraction of sp³-hybridized carbons (Fsp3) is 0.529. The first-order valence-corrected chi connectivity index (χ1v) is 8.19. The molecule has 0 bridgehead atoms. The van der Waals surface area contributed by atoms with Crippen molar-refractivity contribution in [2.45, 2.75) is 51.5 Å². The van der Waals surface area contributed by atoms with Crippen LogP contribution in [-0.2, 0) is 4.79 Å². The lowest BCUT2D eigenvalue weighted by Crippen LogP contribution is -2.43. The summed E-state index contributed by atoms with van der Waals surface area (Å²) in [4.78, 5) is 34.3. The quantitative estimate of drug-likeness (QED) is 0.649. The normalized spacial score (nSPS) is 21.4. The predicted molar refractivity (Wildman–Crippen MR) is 87.9 cm³/mol. The molecule has 2 rings (SSSR count). The van der Waals surface area contributed by atoms with E-state index in [9.17, 15) is 24.8 Å². The number of hydrogen-bond donors (Lipinski definition) is 2. The predicted octanol–water partition coefficient (Wildman–Crippen LogP) is 3.06. The molecule has 1 aromatic carbocycles. The van der Waals surface area contributed by atoms with Gasteiger partial charge < -0.3 is 10.4 Å². The maximum Gasteiger partial charge on any atom is 0.308 e. The van der Waals surface area contributed by atoms with Crippen LogP contribution in [0, 0.1) is 23.0 Å². The number of nitrogens with zero attached hydrogens (tertiary/aromatic N) is 1. The van der Waals surface area contributed by atoms with Crippen LogP contribution in [0.3, 0.4) is 0 Å². The lowest BCUT2D eigenvalue weighted by molar-refractivity contribution is -0.385. The van der Waals surface area contributed by atoms with E-state index >= 15 is 0 Å². The van der Waals surface area contributed by atoms with Crippen LogP contribution >= 0.6 is 0 Å². The highest BCUT2D eigenvalue weighted by Crippen LogP contribution is 2.24. The Morgan fingerprint density at radius 2 is 1.88 bits per heavy atom. The largest absolute Gasteiger partial charge is 0.481 e. The second-order valence-corrected chi connectivity index (χ2v) is 6.27. The Balaban J connectivity index is 2.15. The third-order valence-electron chi connectivity index (χ3n) is 4.56. The molecule has 24 heavy (non-hydrogen) atoms. The zero-order valence-corrected chi connectivity index (χ0v) is 13.7. The number of amides is 1. The summed E-state index contributed by atoms with van der Waals surface area (Å²) in [6, 6.07) is 3.76. The number of benzene rings is 1. The van der Waals surface area contributed by atoms with Gasteiger partial charge in [-0.3, -0.25) is 19.7 Å². The molecule has 2 N–H and O–H groups in total. The van der Waals surface area contributed by atoms with Crippen molar-refractivity contribution >= 4 is 17.6 Å². The van der Waals surface area contributed by atoms with Crippen molar-refractivity contribution in [1.29, 1.82) is 0 Å². The first-order valence-electron chi connectivity index (χ1n) is 8.19. The van der Waals surface area contributed by atoms with Gasteiger partial charge in [-0.2, -0.15) is 0 Å². The van der Waals surface area contributed by atoms with E-state index in [0.29, 0.717) is 24.0 Å². The van der Waals surface area contributed by atoms with E-state index in [2.05, 4.69) is 5.32 Å². The lowest BCUT2D eigenvalue weighted by Gasteiger charge is -2.27. The van der Waals surface area contributed by atoms with Crippen LogP contribution in [0.4, 0.5) is 5.69 Å². The molecule has 1 saturated carbocycles. The summed E-state index contributed by atoms with van der Waals surface area (Å²) in [5.74, 6) is -1.86. The molecule has 1 fully saturated rings. The summed E-state index contributed by atoms with van der Waals surface area (Å²) in [5.41, 5.74) is 0.672. The molecule has 2 unspecified atom stereocenters. The Morgan fingerprint density at radius 1 is 1.21 bits per heavy atom. The molecule has 1 aliphatic rings. The Hall–Kier alpha value is -2.44. The van der Waals surface area contributed by atoms with Gasteiger partial charge in [0.2, 0.25) is 0 Å². The number of carboxylic acid groups (broad SMARTS) is 1. The van der Waals surface area contributed by atoms with Gasteiger partial charge in [-0.05, 0) is 31.9 Å². The number of carboxylic acids is 1. The van der Waals surface area contributed by atoms with Gasteiger partial charge in [0, 0.05) is 23.2 Å². The van der Waals surface area contributed by atoms with Crippen LogP contribution in [0.25, 0.3) is 0 Å². The zero-order valence-electron chi connectivity index (χ0n) is 13.7. The van der Waals surface area contributed by atoms with E-state index in [4.69, 9.17) is 0 Å². The van der Waals surface area contributed by atoms with E-state index in [-0.39, 0.29) is 11.6 Å². The van der Waals surface area contributed by atoms with Crippen LogP contribution < -0.4 is 5.32 Å². The van der Waals surface area contributed by atoms with Crippen LogP contribution in [0.15, 0.2) is 18.2 Å². The summed E-state index contributed by atoms with van der Waals surface area (Å²) in [5, 5.41) is 23.1. The second kappa shape index (κ2) is 7.90. The molecule has 0 heterocycles. The van der Waals surface area contributed by atoms with Gasteiger partial charge in [0.1, 0.15) is 0 Å². The molecule has 0 aromatic heterocycles. The molecule has 7 nitrogen and oxygen atoms in total. The standard InChI is InChI=1S/C17H22N2O5/c1-11-10-12(8-9-15(11)19(23)24)16(20)18-14-7-5-3-2-4-6-13(14)17(21)22/h8-10,13-14H,2-7H2,1H3,(H,18,20)(H,21,22). The third-order valence-corrected chi connectivity index (χ3v) is 4.56. The molecule has 7 heteroatoms. The van der Waals surface area contributed by atoms with Gasteiger partial charge in [0.05, 0.1) is 10.8 Å². The minimum absolute atomic E-state index is 0.0408. The molecular weight excluding hydrogens is 312 g/mol. The number of aryl methyl sites for hydroxylation is 1. The summed E-state index contributed by atoms with van der Waals surface area (Å²) < 4.78 is 0. The van der Waals surface area contributed by atoms with Crippen molar-refractivity contribution in [3.63, 3.8) is 0 Å². The van der Waals surface area contributed by atoms with Gasteiger partial charge in [-0.25, -0.2) is 0 Å². The summed E-state index contributed by atoms with van der Waals surface area (Å²) in [6.07, 6.45) is 4.98. The number of nitrogens with one attached hydrogen (secondary N) is 1. The molecule has 0 saturated heterocycles. The smallest absolute Gasteiger partial charge is 0.308 e. The molecule has 0 spiro atoms. The van der Waals surface area contributed by atoms with Crippen molar-refractivity contribution in [3.8, 4) is 0 Å². The number of hydrogen-bond acceptors (Lipinski definition) is 4. The number of carbonyl (C=O) groups is 2. The zero-order chi connectivity index (χ0) is 17.7. The average molecular weight is 334 g/mol. The van der Waals surface area contributed by atoms with E-state index in [1.165, 1.54) is 18.2 Å². The van der Waals surface area contributed by atoms with Gasteiger partial charge in [-0.1, -0.05) is 25.7 Å². The number of rotatable bonds is 4. The number of carbonyl (C=O) groups excluding carboxylic acids is 1. The lowest BCUT2D eigenvalue weighted by atomic mass is 9.86. The average Bonchev–Trinajstić information content (AvgIpc) is 2.49. The first-order chi connectivity index (χ1) is 11.4. The molecular formula is C17H22N2O5. The van der Waals surface area contributed by atoms with Gasteiger partial charge in [0.25, 0.3) is 11.6 Å². The molecule has 1 aromatic rings. The summed E-state index contributed by atoms with van der Waals surface area (Å²) in [6.45, 7) is 1.57. The van der Waals surface area contributed by atoms with E-state index in [1.807, 2.05) is 0 Å². The third kappa shape index (κ3) is 4.31. The highest BCUT2D eigenvalue weighted by Gasteiger charge is 2.30.